The quantitative estimate of drug-likeness (QED) is 0.824. The molecular weight excluding hydrogens is 200 g/mol. The van der Waals surface area contributed by atoms with Gasteiger partial charge in [-0.25, -0.2) is 9.97 Å². The first kappa shape index (κ1) is 9.10. The molecule has 4 nitrogen and oxygen atoms in total. The lowest BCUT2D eigenvalue weighted by atomic mass is 10.1. The summed E-state index contributed by atoms with van der Waals surface area (Å²) in [6, 6.07) is 6.13. The lowest BCUT2D eigenvalue weighted by molar-refractivity contribution is 0.799. The summed E-state index contributed by atoms with van der Waals surface area (Å²) in [7, 11) is 0. The smallest absolute Gasteiger partial charge is 0.149 e. The highest BCUT2D eigenvalue weighted by atomic mass is 14.9. The Morgan fingerprint density at radius 2 is 2.25 bits per heavy atom. The fourth-order valence-corrected chi connectivity index (χ4v) is 1.74. The van der Waals surface area contributed by atoms with Crippen molar-refractivity contribution in [1.82, 2.24) is 15.0 Å². The summed E-state index contributed by atoms with van der Waals surface area (Å²) in [4.78, 5) is 11.7. The van der Waals surface area contributed by atoms with Crippen molar-refractivity contribution in [1.29, 1.82) is 5.26 Å². The monoisotopic (exact) mass is 210 g/mol. The van der Waals surface area contributed by atoms with Gasteiger partial charge in [0.1, 0.15) is 11.2 Å². The van der Waals surface area contributed by atoms with Gasteiger partial charge in [-0.15, -0.1) is 0 Å². The molecule has 1 aliphatic carbocycles. The number of rotatable bonds is 2. The van der Waals surface area contributed by atoms with Gasteiger partial charge in [0, 0.05) is 24.2 Å². The van der Waals surface area contributed by atoms with Crippen molar-refractivity contribution >= 4 is 0 Å². The number of H-pyrrole nitrogens is 1. The van der Waals surface area contributed by atoms with Crippen LogP contribution in [0.3, 0.4) is 0 Å². The molecule has 0 aliphatic heterocycles. The Kier molecular flexibility index (Phi) is 1.80. The van der Waals surface area contributed by atoms with Gasteiger partial charge < -0.3 is 4.98 Å². The van der Waals surface area contributed by atoms with E-state index in [0.29, 0.717) is 5.82 Å². The standard InChI is InChI=1S/C12H10N4/c13-8-12(3-4-12)11-15-6-2-10(16-11)9-1-5-14-7-9/h1-2,5-7,14H,3-4H2. The van der Waals surface area contributed by atoms with Crippen LogP contribution < -0.4 is 0 Å². The van der Waals surface area contributed by atoms with Gasteiger partial charge >= 0.3 is 0 Å². The minimum Gasteiger partial charge on any atom is -0.367 e. The van der Waals surface area contributed by atoms with Crippen LogP contribution >= 0.6 is 0 Å². The van der Waals surface area contributed by atoms with E-state index in [4.69, 9.17) is 5.26 Å². The number of nitrogens with zero attached hydrogens (tertiary/aromatic N) is 3. The molecule has 2 heterocycles. The van der Waals surface area contributed by atoms with E-state index < -0.39 is 5.41 Å². The highest BCUT2D eigenvalue weighted by Crippen LogP contribution is 2.45. The Hall–Kier alpha value is -2.15. The molecule has 2 aromatic rings. The van der Waals surface area contributed by atoms with Crippen LogP contribution in [0.1, 0.15) is 18.7 Å². The molecule has 0 amide bonds. The molecular formula is C12H10N4. The number of nitrogens with one attached hydrogen (secondary N) is 1. The molecule has 78 valence electrons. The van der Waals surface area contributed by atoms with Gasteiger partial charge in [-0.2, -0.15) is 5.26 Å². The Morgan fingerprint density at radius 3 is 2.88 bits per heavy atom. The van der Waals surface area contributed by atoms with Crippen molar-refractivity contribution in [3.05, 3.63) is 36.5 Å². The molecule has 0 atom stereocenters. The zero-order valence-electron chi connectivity index (χ0n) is 8.64. The molecule has 0 aromatic carbocycles. The highest BCUT2D eigenvalue weighted by Gasteiger charge is 2.47. The molecule has 0 unspecified atom stereocenters. The number of aromatic amines is 1. The molecule has 1 saturated carbocycles. The van der Waals surface area contributed by atoms with Crippen LogP contribution in [0.15, 0.2) is 30.7 Å². The predicted octanol–water partition coefficient (Wildman–Crippen LogP) is 2.03. The van der Waals surface area contributed by atoms with Gasteiger partial charge in [0.25, 0.3) is 0 Å². The lowest BCUT2D eigenvalue weighted by Crippen LogP contribution is -2.08. The van der Waals surface area contributed by atoms with E-state index in [9.17, 15) is 0 Å². The van der Waals surface area contributed by atoms with Crippen molar-refractivity contribution < 1.29 is 0 Å². The topological polar surface area (TPSA) is 65.4 Å². The second-order valence-electron chi connectivity index (χ2n) is 4.06. The van der Waals surface area contributed by atoms with E-state index >= 15 is 0 Å². The Balaban J connectivity index is 2.05. The molecule has 0 saturated heterocycles. The summed E-state index contributed by atoms with van der Waals surface area (Å²) in [5, 5.41) is 9.10. The van der Waals surface area contributed by atoms with Crippen molar-refractivity contribution in [2.75, 3.05) is 0 Å². The first-order chi connectivity index (χ1) is 7.84. The van der Waals surface area contributed by atoms with Crippen molar-refractivity contribution in [2.24, 2.45) is 0 Å². The van der Waals surface area contributed by atoms with E-state index in [0.717, 1.165) is 24.1 Å². The summed E-state index contributed by atoms with van der Waals surface area (Å²) in [6.45, 7) is 0. The third kappa shape index (κ3) is 1.29. The zero-order chi connectivity index (χ0) is 11.0. The van der Waals surface area contributed by atoms with Crippen LogP contribution in [-0.4, -0.2) is 15.0 Å². The Morgan fingerprint density at radius 1 is 1.38 bits per heavy atom. The van der Waals surface area contributed by atoms with Gasteiger partial charge in [-0.3, -0.25) is 0 Å². The molecule has 4 heteroatoms. The van der Waals surface area contributed by atoms with Crippen LogP contribution in [0.2, 0.25) is 0 Å². The molecule has 0 radical (unpaired) electrons. The number of nitriles is 1. The minimum atomic E-state index is -0.410. The summed E-state index contributed by atoms with van der Waals surface area (Å²) in [5.41, 5.74) is 1.48. The first-order valence-corrected chi connectivity index (χ1v) is 5.22. The van der Waals surface area contributed by atoms with Crippen molar-refractivity contribution in [2.45, 2.75) is 18.3 Å². The average molecular weight is 210 g/mol. The van der Waals surface area contributed by atoms with Crippen LogP contribution in [0.4, 0.5) is 0 Å². The number of aromatic nitrogens is 3. The van der Waals surface area contributed by atoms with Crippen molar-refractivity contribution in [3.8, 4) is 17.3 Å². The van der Waals surface area contributed by atoms with Crippen LogP contribution in [0, 0.1) is 11.3 Å². The fourth-order valence-electron chi connectivity index (χ4n) is 1.74. The molecule has 1 N–H and O–H groups in total. The third-order valence-electron chi connectivity index (χ3n) is 2.94. The minimum absolute atomic E-state index is 0.410. The van der Waals surface area contributed by atoms with E-state index in [1.807, 2.05) is 24.5 Å². The molecule has 16 heavy (non-hydrogen) atoms. The lowest BCUT2D eigenvalue weighted by Gasteiger charge is -2.05. The summed E-state index contributed by atoms with van der Waals surface area (Å²) in [5.74, 6) is 0.661. The van der Waals surface area contributed by atoms with Crippen LogP contribution in [0.25, 0.3) is 11.3 Å². The average Bonchev–Trinajstić information content (AvgIpc) is 2.95. The van der Waals surface area contributed by atoms with E-state index in [2.05, 4.69) is 21.0 Å². The maximum absolute atomic E-state index is 9.10. The second kappa shape index (κ2) is 3.17. The van der Waals surface area contributed by atoms with Gasteiger partial charge in [0.15, 0.2) is 0 Å². The molecule has 2 aromatic heterocycles. The molecule has 0 spiro atoms. The molecule has 0 bridgehead atoms. The van der Waals surface area contributed by atoms with Gasteiger partial charge in [0.05, 0.1) is 11.8 Å². The molecule has 3 rings (SSSR count). The number of hydrogen-bond acceptors (Lipinski definition) is 3. The summed E-state index contributed by atoms with van der Waals surface area (Å²) < 4.78 is 0. The normalized spacial score (nSPS) is 16.7. The van der Waals surface area contributed by atoms with E-state index in [1.54, 1.807) is 6.20 Å². The van der Waals surface area contributed by atoms with Crippen LogP contribution in [0.5, 0.6) is 0 Å². The van der Waals surface area contributed by atoms with Gasteiger partial charge in [0.2, 0.25) is 0 Å². The van der Waals surface area contributed by atoms with Crippen molar-refractivity contribution in [3.63, 3.8) is 0 Å². The van der Waals surface area contributed by atoms with Gasteiger partial charge in [-0.1, -0.05) is 0 Å². The predicted molar refractivity (Wildman–Crippen MR) is 58.3 cm³/mol. The zero-order valence-corrected chi connectivity index (χ0v) is 8.64. The van der Waals surface area contributed by atoms with Crippen LogP contribution in [-0.2, 0) is 5.41 Å². The Bertz CT molecular complexity index is 547. The molecule has 1 fully saturated rings. The SMILES string of the molecule is N#CC1(c2nccc(-c3cc[nH]c3)n2)CC1. The second-order valence-corrected chi connectivity index (χ2v) is 4.06. The fraction of sp³-hybridized carbons (Fsp3) is 0.250. The summed E-state index contributed by atoms with van der Waals surface area (Å²) >= 11 is 0. The van der Waals surface area contributed by atoms with E-state index in [-0.39, 0.29) is 0 Å². The first-order valence-electron chi connectivity index (χ1n) is 5.22. The number of hydrogen-bond donors (Lipinski definition) is 1. The van der Waals surface area contributed by atoms with Gasteiger partial charge in [-0.05, 0) is 25.0 Å². The summed E-state index contributed by atoms with van der Waals surface area (Å²) in [6.07, 6.45) is 7.22. The third-order valence-corrected chi connectivity index (χ3v) is 2.94. The van der Waals surface area contributed by atoms with E-state index in [1.165, 1.54) is 0 Å². The maximum Gasteiger partial charge on any atom is 0.149 e. The maximum atomic E-state index is 9.10. The Labute approximate surface area is 93.0 Å². The largest absolute Gasteiger partial charge is 0.367 e. The molecule has 1 aliphatic rings. The highest BCUT2D eigenvalue weighted by molar-refractivity contribution is 5.57.